The minimum atomic E-state index is -4.45. The van der Waals surface area contributed by atoms with Crippen molar-refractivity contribution in [1.29, 1.82) is 0 Å². The van der Waals surface area contributed by atoms with E-state index in [1.54, 1.807) is 9.80 Å². The Balaban J connectivity index is 1.39. The molecule has 4 rings (SSSR count). The molecule has 7 nitrogen and oxygen atoms in total. The van der Waals surface area contributed by atoms with Crippen molar-refractivity contribution in [1.82, 2.24) is 19.7 Å². The van der Waals surface area contributed by atoms with Gasteiger partial charge in [-0.2, -0.15) is 18.3 Å². The van der Waals surface area contributed by atoms with Gasteiger partial charge in [-0.05, 0) is 42.5 Å². The molecule has 0 unspecified atom stereocenters. The zero-order valence-electron chi connectivity index (χ0n) is 17.3. The maximum atomic E-state index is 13.1. The van der Waals surface area contributed by atoms with E-state index in [1.807, 2.05) is 0 Å². The Morgan fingerprint density at radius 3 is 2.24 bits per heavy atom. The molecule has 1 amide bonds. The maximum absolute atomic E-state index is 13.1. The van der Waals surface area contributed by atoms with Crippen LogP contribution in [0.1, 0.15) is 5.56 Å². The number of piperazine rings is 1. The minimum absolute atomic E-state index is 0.258. The largest absolute Gasteiger partial charge is 0.417 e. The molecular weight excluding hydrogens is 442 g/mol. The van der Waals surface area contributed by atoms with Crippen LogP contribution in [0.25, 0.3) is 11.3 Å². The number of carbonyl (C=O) groups excluding carboxylic acids is 1. The Hall–Kier alpha value is -3.76. The predicted octanol–water partition coefficient (Wildman–Crippen LogP) is 2.81. The van der Waals surface area contributed by atoms with Crippen LogP contribution in [-0.2, 0) is 17.5 Å². The number of benzene rings is 1. The molecule has 0 bridgehead atoms. The van der Waals surface area contributed by atoms with Crippen molar-refractivity contribution in [3.8, 4) is 11.3 Å². The van der Waals surface area contributed by atoms with E-state index >= 15 is 0 Å². The summed E-state index contributed by atoms with van der Waals surface area (Å²) in [7, 11) is 0. The number of hydrogen-bond acceptors (Lipinski definition) is 5. The third kappa shape index (κ3) is 5.18. The second-order valence-electron chi connectivity index (χ2n) is 7.49. The summed E-state index contributed by atoms with van der Waals surface area (Å²) in [4.78, 5) is 32.2. The van der Waals surface area contributed by atoms with Crippen LogP contribution >= 0.6 is 0 Å². The van der Waals surface area contributed by atoms with Gasteiger partial charge in [0.1, 0.15) is 18.2 Å². The Morgan fingerprint density at radius 2 is 1.64 bits per heavy atom. The molecule has 1 fully saturated rings. The van der Waals surface area contributed by atoms with Crippen LogP contribution in [0, 0.1) is 5.82 Å². The molecule has 0 radical (unpaired) electrons. The molecule has 1 aliphatic heterocycles. The van der Waals surface area contributed by atoms with Crippen LogP contribution in [0.5, 0.6) is 0 Å². The highest BCUT2D eigenvalue weighted by Gasteiger charge is 2.31. The van der Waals surface area contributed by atoms with Crippen molar-refractivity contribution in [3.63, 3.8) is 0 Å². The SMILES string of the molecule is O=C(Cn1nc(-c2ccc(F)cc2)ccc1=O)N1CCN(c2ccc(C(F)(F)F)cn2)CC1. The Morgan fingerprint density at radius 1 is 0.939 bits per heavy atom. The molecule has 172 valence electrons. The summed E-state index contributed by atoms with van der Waals surface area (Å²) >= 11 is 0. The fraction of sp³-hybridized carbons (Fsp3) is 0.273. The van der Waals surface area contributed by atoms with Crippen LogP contribution in [-0.4, -0.2) is 51.8 Å². The standard InChI is InChI=1S/C22H19F4N5O2/c23-17-4-1-15(2-5-17)18-6-8-20(32)31(28-18)14-21(33)30-11-9-29(10-12-30)19-7-3-16(13-27-19)22(24,25)26/h1-8,13H,9-12,14H2. The zero-order chi connectivity index (χ0) is 23.6. The monoisotopic (exact) mass is 461 g/mol. The van der Waals surface area contributed by atoms with Crippen molar-refractivity contribution in [2.75, 3.05) is 31.1 Å². The molecule has 0 aliphatic carbocycles. The van der Waals surface area contributed by atoms with Gasteiger partial charge in [-0.3, -0.25) is 9.59 Å². The molecule has 0 N–H and O–H groups in total. The number of amides is 1. The van der Waals surface area contributed by atoms with Crippen LogP contribution in [0.4, 0.5) is 23.4 Å². The van der Waals surface area contributed by atoms with Gasteiger partial charge < -0.3 is 9.80 Å². The summed E-state index contributed by atoms with van der Waals surface area (Å²) in [6.07, 6.45) is -3.66. The molecule has 0 saturated carbocycles. The minimum Gasteiger partial charge on any atom is -0.353 e. The van der Waals surface area contributed by atoms with Crippen LogP contribution in [0.2, 0.25) is 0 Å². The number of alkyl halides is 3. The normalized spacial score (nSPS) is 14.4. The quantitative estimate of drug-likeness (QED) is 0.559. The summed E-state index contributed by atoms with van der Waals surface area (Å²) in [6.45, 7) is 1.18. The van der Waals surface area contributed by atoms with E-state index in [0.29, 0.717) is 43.3 Å². The molecule has 11 heteroatoms. The second kappa shape index (κ2) is 9.00. The first-order valence-corrected chi connectivity index (χ1v) is 10.1. The van der Waals surface area contributed by atoms with Gasteiger partial charge in [-0.25, -0.2) is 14.1 Å². The van der Waals surface area contributed by atoms with E-state index < -0.39 is 23.1 Å². The number of halogens is 4. The molecule has 1 aromatic carbocycles. The summed E-state index contributed by atoms with van der Waals surface area (Å²) in [5, 5.41) is 4.22. The highest BCUT2D eigenvalue weighted by atomic mass is 19.4. The van der Waals surface area contributed by atoms with Gasteiger partial charge >= 0.3 is 6.18 Å². The van der Waals surface area contributed by atoms with Crippen LogP contribution in [0.15, 0.2) is 59.5 Å². The van der Waals surface area contributed by atoms with Crippen molar-refractivity contribution in [3.05, 3.63) is 76.5 Å². The van der Waals surface area contributed by atoms with E-state index in [1.165, 1.54) is 42.5 Å². The summed E-state index contributed by atoms with van der Waals surface area (Å²) in [6, 6.07) is 10.7. The maximum Gasteiger partial charge on any atom is 0.417 e. The lowest BCUT2D eigenvalue weighted by molar-refractivity contribution is -0.138. The Kier molecular flexibility index (Phi) is 6.12. The third-order valence-corrected chi connectivity index (χ3v) is 5.32. The number of anilines is 1. The lowest BCUT2D eigenvalue weighted by atomic mass is 10.1. The number of carbonyl (C=O) groups is 1. The highest BCUT2D eigenvalue weighted by molar-refractivity contribution is 5.76. The molecule has 0 spiro atoms. The number of pyridine rings is 1. The van der Waals surface area contributed by atoms with Gasteiger partial charge in [-0.1, -0.05) is 0 Å². The number of aromatic nitrogens is 3. The van der Waals surface area contributed by atoms with E-state index in [-0.39, 0.29) is 12.5 Å². The summed E-state index contributed by atoms with van der Waals surface area (Å²) in [5.41, 5.74) is -0.224. The molecule has 3 heterocycles. The first-order valence-electron chi connectivity index (χ1n) is 10.1. The lowest BCUT2D eigenvalue weighted by Gasteiger charge is -2.35. The van der Waals surface area contributed by atoms with Crippen LogP contribution < -0.4 is 10.5 Å². The first kappa shape index (κ1) is 22.4. The van der Waals surface area contributed by atoms with Crippen molar-refractivity contribution in [2.24, 2.45) is 0 Å². The number of hydrogen-bond donors (Lipinski definition) is 0. The van der Waals surface area contributed by atoms with Gasteiger partial charge in [-0.15, -0.1) is 0 Å². The molecule has 0 atom stereocenters. The van der Waals surface area contributed by atoms with Crippen molar-refractivity contribution >= 4 is 11.7 Å². The number of nitrogens with zero attached hydrogens (tertiary/aromatic N) is 5. The first-order chi connectivity index (χ1) is 15.7. The third-order valence-electron chi connectivity index (χ3n) is 5.32. The van der Waals surface area contributed by atoms with Gasteiger partial charge in [0.25, 0.3) is 5.56 Å². The highest BCUT2D eigenvalue weighted by Crippen LogP contribution is 2.29. The average Bonchev–Trinajstić information content (AvgIpc) is 2.81. The smallest absolute Gasteiger partial charge is 0.353 e. The van der Waals surface area contributed by atoms with Gasteiger partial charge in [0, 0.05) is 44.0 Å². The summed E-state index contributed by atoms with van der Waals surface area (Å²) < 4.78 is 52.3. The molecule has 33 heavy (non-hydrogen) atoms. The lowest BCUT2D eigenvalue weighted by Crippen LogP contribution is -2.50. The fourth-order valence-corrected chi connectivity index (χ4v) is 3.49. The number of rotatable bonds is 4. The molecular formula is C22H19F4N5O2. The second-order valence-corrected chi connectivity index (χ2v) is 7.49. The molecule has 1 aliphatic rings. The fourth-order valence-electron chi connectivity index (χ4n) is 3.49. The van der Waals surface area contributed by atoms with E-state index in [2.05, 4.69) is 10.1 Å². The van der Waals surface area contributed by atoms with Gasteiger partial charge in [0.15, 0.2) is 0 Å². The topological polar surface area (TPSA) is 71.3 Å². The zero-order valence-corrected chi connectivity index (χ0v) is 17.3. The Labute approximate surface area is 185 Å². The van der Waals surface area contributed by atoms with Crippen LogP contribution in [0.3, 0.4) is 0 Å². The van der Waals surface area contributed by atoms with Gasteiger partial charge in [0.05, 0.1) is 11.3 Å². The molecule has 3 aromatic rings. The Bertz CT molecular complexity index is 1190. The molecule has 1 saturated heterocycles. The van der Waals surface area contributed by atoms with E-state index in [0.717, 1.165) is 16.9 Å². The van der Waals surface area contributed by atoms with Crippen molar-refractivity contribution < 1.29 is 22.4 Å². The summed E-state index contributed by atoms with van der Waals surface area (Å²) in [5.74, 6) is -0.297. The van der Waals surface area contributed by atoms with Crippen molar-refractivity contribution in [2.45, 2.75) is 12.7 Å². The predicted molar refractivity (Wildman–Crippen MR) is 112 cm³/mol. The van der Waals surface area contributed by atoms with E-state index in [9.17, 15) is 27.2 Å². The van der Waals surface area contributed by atoms with E-state index in [4.69, 9.17) is 0 Å². The molecule has 2 aromatic heterocycles. The van der Waals surface area contributed by atoms with Gasteiger partial charge in [0.2, 0.25) is 5.91 Å². The average molecular weight is 461 g/mol.